The quantitative estimate of drug-likeness (QED) is 0.323. The Bertz CT molecular complexity index is 313. The molecule has 7 nitrogen and oxygen atoms in total. The van der Waals surface area contributed by atoms with E-state index in [1.165, 1.54) is 4.90 Å². The fourth-order valence-electron chi connectivity index (χ4n) is 1.68. The summed E-state index contributed by atoms with van der Waals surface area (Å²) in [6.07, 6.45) is -1.19. The van der Waals surface area contributed by atoms with Gasteiger partial charge in [0.2, 0.25) is 0 Å². The van der Waals surface area contributed by atoms with Crippen molar-refractivity contribution in [2.75, 3.05) is 6.54 Å². The van der Waals surface area contributed by atoms with Gasteiger partial charge in [-0.15, -0.1) is 0 Å². The molecular formula is C10H19N3O4. The molecule has 0 radical (unpaired) electrons. The van der Waals surface area contributed by atoms with Crippen LogP contribution in [0.5, 0.6) is 0 Å². The number of carbonyl (C=O) groups is 2. The maximum atomic E-state index is 11.8. The molecule has 4 N–H and O–H groups in total. The van der Waals surface area contributed by atoms with Crippen LogP contribution in [-0.2, 0) is 9.53 Å². The highest BCUT2D eigenvalue weighted by atomic mass is 16.6. The number of hydrogen-bond acceptors (Lipinski definition) is 5. The molecule has 1 heterocycles. The number of carbonyl (C=O) groups excluding carboxylic acids is 2. The number of nitrogens with two attached hydrogens (primary N) is 1. The molecule has 1 rings (SSSR count). The van der Waals surface area contributed by atoms with Crippen LogP contribution < -0.4 is 11.3 Å². The highest BCUT2D eigenvalue weighted by Crippen LogP contribution is 2.21. The molecule has 98 valence electrons. The van der Waals surface area contributed by atoms with E-state index in [1.807, 2.05) is 5.43 Å². The average molecular weight is 245 g/mol. The van der Waals surface area contributed by atoms with Gasteiger partial charge in [0.1, 0.15) is 11.6 Å². The summed E-state index contributed by atoms with van der Waals surface area (Å²) in [5.74, 6) is 4.52. The normalized spacial score (nSPS) is 24.6. The van der Waals surface area contributed by atoms with Crippen LogP contribution >= 0.6 is 0 Å². The molecule has 0 saturated carbocycles. The first-order valence-electron chi connectivity index (χ1n) is 5.42. The summed E-state index contributed by atoms with van der Waals surface area (Å²) in [4.78, 5) is 24.4. The zero-order valence-corrected chi connectivity index (χ0v) is 10.3. The van der Waals surface area contributed by atoms with Crippen LogP contribution in [0.3, 0.4) is 0 Å². The van der Waals surface area contributed by atoms with Gasteiger partial charge in [-0.05, 0) is 20.8 Å². The van der Waals surface area contributed by atoms with Crippen molar-refractivity contribution in [1.82, 2.24) is 10.3 Å². The van der Waals surface area contributed by atoms with E-state index in [-0.39, 0.29) is 13.0 Å². The van der Waals surface area contributed by atoms with Crippen molar-refractivity contribution < 1.29 is 19.4 Å². The minimum absolute atomic E-state index is 0.0764. The summed E-state index contributed by atoms with van der Waals surface area (Å²) in [6, 6.07) is -0.773. The summed E-state index contributed by atoms with van der Waals surface area (Å²) < 4.78 is 5.15. The third kappa shape index (κ3) is 3.57. The van der Waals surface area contributed by atoms with Gasteiger partial charge in [0.25, 0.3) is 5.91 Å². The first-order valence-corrected chi connectivity index (χ1v) is 5.42. The van der Waals surface area contributed by atoms with Crippen LogP contribution in [0.1, 0.15) is 27.2 Å². The lowest BCUT2D eigenvalue weighted by Gasteiger charge is -2.27. The largest absolute Gasteiger partial charge is 0.444 e. The van der Waals surface area contributed by atoms with E-state index in [2.05, 4.69) is 0 Å². The molecule has 1 fully saturated rings. The number of aliphatic hydroxyl groups excluding tert-OH is 1. The van der Waals surface area contributed by atoms with E-state index in [9.17, 15) is 14.7 Å². The summed E-state index contributed by atoms with van der Waals surface area (Å²) in [6.45, 7) is 5.27. The lowest BCUT2D eigenvalue weighted by atomic mass is 10.2. The molecule has 0 aromatic heterocycles. The summed E-state index contributed by atoms with van der Waals surface area (Å²) in [5.41, 5.74) is 1.33. The molecule has 1 saturated heterocycles. The van der Waals surface area contributed by atoms with Crippen molar-refractivity contribution in [3.63, 3.8) is 0 Å². The van der Waals surface area contributed by atoms with E-state index < -0.39 is 29.7 Å². The zero-order chi connectivity index (χ0) is 13.2. The number of ether oxygens (including phenoxy) is 1. The van der Waals surface area contributed by atoms with E-state index in [4.69, 9.17) is 10.6 Å². The Hall–Kier alpha value is -1.34. The molecule has 1 aliphatic heterocycles. The highest BCUT2D eigenvalue weighted by Gasteiger charge is 2.40. The Balaban J connectivity index is 2.73. The Kier molecular flexibility index (Phi) is 3.94. The van der Waals surface area contributed by atoms with E-state index in [0.29, 0.717) is 0 Å². The minimum atomic E-state index is -0.773. The summed E-state index contributed by atoms with van der Waals surface area (Å²) >= 11 is 0. The highest BCUT2D eigenvalue weighted by molar-refractivity contribution is 5.86. The Morgan fingerprint density at radius 3 is 2.53 bits per heavy atom. The number of nitrogens with zero attached hydrogens (tertiary/aromatic N) is 1. The van der Waals surface area contributed by atoms with Gasteiger partial charge in [0.15, 0.2) is 0 Å². The molecule has 0 bridgehead atoms. The van der Waals surface area contributed by atoms with Gasteiger partial charge in [-0.1, -0.05) is 0 Å². The minimum Gasteiger partial charge on any atom is -0.444 e. The lowest BCUT2D eigenvalue weighted by Crippen LogP contribution is -2.49. The second-order valence-corrected chi connectivity index (χ2v) is 5.05. The Morgan fingerprint density at radius 2 is 2.06 bits per heavy atom. The molecule has 0 aromatic carbocycles. The van der Waals surface area contributed by atoms with Crippen molar-refractivity contribution >= 4 is 12.0 Å². The van der Waals surface area contributed by atoms with Gasteiger partial charge in [0, 0.05) is 6.42 Å². The first-order chi connectivity index (χ1) is 7.74. The van der Waals surface area contributed by atoms with Crippen molar-refractivity contribution in [1.29, 1.82) is 0 Å². The van der Waals surface area contributed by atoms with Crippen molar-refractivity contribution in [2.45, 2.75) is 44.9 Å². The van der Waals surface area contributed by atoms with Crippen LogP contribution in [0.2, 0.25) is 0 Å². The predicted molar refractivity (Wildman–Crippen MR) is 59.7 cm³/mol. The molecule has 2 atom stereocenters. The molecule has 0 unspecified atom stereocenters. The van der Waals surface area contributed by atoms with Gasteiger partial charge < -0.3 is 9.84 Å². The summed E-state index contributed by atoms with van der Waals surface area (Å²) in [5, 5.41) is 9.49. The summed E-state index contributed by atoms with van der Waals surface area (Å²) in [7, 11) is 0. The Morgan fingerprint density at radius 1 is 1.47 bits per heavy atom. The maximum Gasteiger partial charge on any atom is 0.411 e. The van der Waals surface area contributed by atoms with Gasteiger partial charge >= 0.3 is 6.09 Å². The van der Waals surface area contributed by atoms with Crippen LogP contribution in [0.15, 0.2) is 0 Å². The number of nitrogens with one attached hydrogen (secondary N) is 1. The number of amides is 2. The standard InChI is InChI=1S/C10H19N3O4/c1-10(2,3)17-9(16)13-5-6(14)4-7(13)8(15)12-11/h6-7,14H,4-5,11H2,1-3H3,(H,12,15)/t6-,7+/m1/s1. The molecular weight excluding hydrogens is 226 g/mol. The smallest absolute Gasteiger partial charge is 0.411 e. The fraction of sp³-hybridized carbons (Fsp3) is 0.800. The zero-order valence-electron chi connectivity index (χ0n) is 10.3. The Labute approximate surface area is 99.9 Å². The van der Waals surface area contributed by atoms with Gasteiger partial charge in [-0.25, -0.2) is 10.6 Å². The van der Waals surface area contributed by atoms with E-state index in [1.54, 1.807) is 20.8 Å². The second kappa shape index (κ2) is 4.89. The number of hydrazine groups is 1. The third-order valence-corrected chi connectivity index (χ3v) is 2.35. The van der Waals surface area contributed by atoms with Gasteiger partial charge in [-0.2, -0.15) is 0 Å². The molecule has 7 heteroatoms. The maximum absolute atomic E-state index is 11.8. The van der Waals surface area contributed by atoms with Crippen molar-refractivity contribution in [3.8, 4) is 0 Å². The predicted octanol–water partition coefficient (Wildman–Crippen LogP) is -0.653. The molecule has 0 aromatic rings. The van der Waals surface area contributed by atoms with Gasteiger partial charge in [0.05, 0.1) is 12.6 Å². The topological polar surface area (TPSA) is 105 Å². The number of aliphatic hydroxyl groups is 1. The molecule has 2 amide bonds. The number of β-amino-alcohol motifs (C(OH)–C–C–N with tert-alkyl or cyclic N) is 1. The number of rotatable bonds is 1. The average Bonchev–Trinajstić information content (AvgIpc) is 2.56. The fourth-order valence-corrected chi connectivity index (χ4v) is 1.68. The van der Waals surface area contributed by atoms with E-state index in [0.717, 1.165) is 0 Å². The molecule has 1 aliphatic rings. The van der Waals surface area contributed by atoms with Gasteiger partial charge in [-0.3, -0.25) is 15.1 Å². The number of likely N-dealkylation sites (tertiary alicyclic amines) is 1. The second-order valence-electron chi connectivity index (χ2n) is 5.05. The van der Waals surface area contributed by atoms with Crippen molar-refractivity contribution in [2.24, 2.45) is 5.84 Å². The van der Waals surface area contributed by atoms with E-state index >= 15 is 0 Å². The first kappa shape index (κ1) is 13.7. The molecule has 17 heavy (non-hydrogen) atoms. The SMILES string of the molecule is CC(C)(C)OC(=O)N1C[C@H](O)C[C@H]1C(=O)NN. The van der Waals surface area contributed by atoms with Crippen LogP contribution in [0, 0.1) is 0 Å². The van der Waals surface area contributed by atoms with Crippen LogP contribution in [0.4, 0.5) is 4.79 Å². The molecule has 0 aliphatic carbocycles. The van der Waals surface area contributed by atoms with Crippen molar-refractivity contribution in [3.05, 3.63) is 0 Å². The lowest BCUT2D eigenvalue weighted by molar-refractivity contribution is -0.125. The monoisotopic (exact) mass is 245 g/mol. The van der Waals surface area contributed by atoms with Crippen LogP contribution in [-0.4, -0.2) is 46.3 Å². The third-order valence-electron chi connectivity index (χ3n) is 2.35. The number of hydrogen-bond donors (Lipinski definition) is 3. The molecule has 0 spiro atoms. The van der Waals surface area contributed by atoms with Crippen LogP contribution in [0.25, 0.3) is 0 Å².